The van der Waals surface area contributed by atoms with Gasteiger partial charge in [-0.15, -0.1) is 0 Å². The minimum Gasteiger partial charge on any atom is -0.497 e. The number of aromatic nitrogens is 3. The predicted octanol–water partition coefficient (Wildman–Crippen LogP) is 4.78. The highest BCUT2D eigenvalue weighted by Gasteiger charge is 2.40. The van der Waals surface area contributed by atoms with Gasteiger partial charge in [-0.05, 0) is 30.5 Å². The summed E-state index contributed by atoms with van der Waals surface area (Å²) in [5, 5.41) is 6.61. The van der Waals surface area contributed by atoms with Gasteiger partial charge in [-0.2, -0.15) is 18.3 Å². The second-order valence-electron chi connectivity index (χ2n) is 7.76. The third kappa shape index (κ3) is 3.60. The Hall–Kier alpha value is -4.08. The van der Waals surface area contributed by atoms with Crippen LogP contribution in [0.2, 0.25) is 0 Å². The number of hydrogen-bond acceptors (Lipinski definition) is 5. The maximum Gasteiger partial charge on any atom is 0.433 e. The third-order valence-corrected chi connectivity index (χ3v) is 5.78. The summed E-state index contributed by atoms with van der Waals surface area (Å²) < 4.78 is 53.7. The van der Waals surface area contributed by atoms with Crippen LogP contribution >= 0.6 is 0 Å². The molecule has 0 unspecified atom stereocenters. The number of methoxy groups -OCH3 is 2. The van der Waals surface area contributed by atoms with E-state index in [2.05, 4.69) is 15.4 Å². The SMILES string of the molecule is COc1ccc(NC(=O)c2cc3nc4c(c(C(F)(F)F)n3n2)CCc2ccccc2-4)c(OC)c1. The van der Waals surface area contributed by atoms with Crippen LogP contribution in [-0.2, 0) is 19.0 Å². The number of ether oxygens (including phenoxy) is 2. The van der Waals surface area contributed by atoms with Crippen molar-refractivity contribution in [3.05, 3.63) is 71.0 Å². The van der Waals surface area contributed by atoms with Crippen LogP contribution in [0.1, 0.15) is 27.3 Å². The molecular formula is C24H19F3N4O3. The van der Waals surface area contributed by atoms with Gasteiger partial charge in [0.25, 0.3) is 5.91 Å². The summed E-state index contributed by atoms with van der Waals surface area (Å²) in [5.74, 6) is 0.158. The van der Waals surface area contributed by atoms with Gasteiger partial charge in [-0.3, -0.25) is 4.79 Å². The number of nitrogens with one attached hydrogen (secondary N) is 1. The number of nitrogens with zero attached hydrogens (tertiary/aromatic N) is 3. The van der Waals surface area contributed by atoms with E-state index in [0.717, 1.165) is 5.56 Å². The summed E-state index contributed by atoms with van der Waals surface area (Å²) >= 11 is 0. The normalized spacial score (nSPS) is 12.7. The maximum atomic E-state index is 14.2. The Morgan fingerprint density at radius 3 is 2.59 bits per heavy atom. The smallest absolute Gasteiger partial charge is 0.433 e. The van der Waals surface area contributed by atoms with E-state index in [9.17, 15) is 18.0 Å². The number of halogens is 3. The van der Waals surface area contributed by atoms with Gasteiger partial charge in [0.2, 0.25) is 0 Å². The van der Waals surface area contributed by atoms with Gasteiger partial charge >= 0.3 is 6.18 Å². The number of carbonyl (C=O) groups is 1. The average molecular weight is 468 g/mol. The van der Waals surface area contributed by atoms with Crippen molar-refractivity contribution in [2.45, 2.75) is 19.0 Å². The molecule has 10 heteroatoms. The fourth-order valence-electron chi connectivity index (χ4n) is 4.22. The Labute approximate surface area is 192 Å². The lowest BCUT2D eigenvalue weighted by atomic mass is 9.88. The van der Waals surface area contributed by atoms with Gasteiger partial charge in [0.05, 0.1) is 25.6 Å². The number of anilines is 1. The Bertz CT molecular complexity index is 1430. The summed E-state index contributed by atoms with van der Waals surface area (Å²) in [6.45, 7) is 0. The Balaban J connectivity index is 1.61. The van der Waals surface area contributed by atoms with Crippen LogP contribution in [0.4, 0.5) is 18.9 Å². The highest BCUT2D eigenvalue weighted by Crippen LogP contribution is 2.40. The molecule has 2 aromatic carbocycles. The Kier molecular flexibility index (Phi) is 5.15. The lowest BCUT2D eigenvalue weighted by Crippen LogP contribution is -2.21. The molecule has 0 atom stereocenters. The van der Waals surface area contributed by atoms with Gasteiger partial charge in [-0.1, -0.05) is 24.3 Å². The number of amides is 1. The van der Waals surface area contributed by atoms with Crippen LogP contribution < -0.4 is 14.8 Å². The van der Waals surface area contributed by atoms with E-state index in [4.69, 9.17) is 9.47 Å². The molecule has 1 aliphatic carbocycles. The third-order valence-electron chi connectivity index (χ3n) is 5.78. The van der Waals surface area contributed by atoms with E-state index in [1.807, 2.05) is 12.1 Å². The number of fused-ring (bicyclic) bond motifs is 4. The molecule has 1 aliphatic rings. The van der Waals surface area contributed by atoms with E-state index in [0.29, 0.717) is 33.7 Å². The zero-order chi connectivity index (χ0) is 24.0. The van der Waals surface area contributed by atoms with Crippen molar-refractivity contribution in [2.24, 2.45) is 0 Å². The Morgan fingerprint density at radius 2 is 1.85 bits per heavy atom. The number of alkyl halides is 3. The molecule has 4 aromatic rings. The van der Waals surface area contributed by atoms with Crippen molar-refractivity contribution in [3.63, 3.8) is 0 Å². The molecule has 1 N–H and O–H groups in total. The standard InChI is InChI=1S/C24H19F3N4O3/c1-33-14-8-10-17(19(11-14)34-2)28-23(32)18-12-20-29-21-15-6-4-3-5-13(15)7-9-16(21)22(24(25,26)27)31(20)30-18/h3-6,8,10-12H,7,9H2,1-2H3,(H,28,32). The van der Waals surface area contributed by atoms with Crippen molar-refractivity contribution in [1.82, 2.24) is 14.6 Å². The quantitative estimate of drug-likeness (QED) is 0.466. The molecule has 0 spiro atoms. The predicted molar refractivity (Wildman–Crippen MR) is 118 cm³/mol. The Morgan fingerprint density at radius 1 is 1.06 bits per heavy atom. The second kappa shape index (κ2) is 8.05. The van der Waals surface area contributed by atoms with E-state index in [1.54, 1.807) is 30.3 Å². The number of hydrogen-bond donors (Lipinski definition) is 1. The molecule has 0 saturated carbocycles. The van der Waals surface area contributed by atoms with E-state index in [-0.39, 0.29) is 29.0 Å². The zero-order valence-corrected chi connectivity index (χ0v) is 18.2. The van der Waals surface area contributed by atoms with Crippen LogP contribution in [0.5, 0.6) is 11.5 Å². The first-order chi connectivity index (χ1) is 16.3. The fourth-order valence-corrected chi connectivity index (χ4v) is 4.22. The minimum absolute atomic E-state index is 0.0605. The molecule has 7 nitrogen and oxygen atoms in total. The van der Waals surface area contributed by atoms with Crippen LogP contribution in [0, 0.1) is 0 Å². The molecule has 5 rings (SSSR count). The van der Waals surface area contributed by atoms with Gasteiger partial charge in [-0.25, -0.2) is 9.50 Å². The monoisotopic (exact) mass is 468 g/mol. The first-order valence-electron chi connectivity index (χ1n) is 10.4. The van der Waals surface area contributed by atoms with E-state index < -0.39 is 17.8 Å². The van der Waals surface area contributed by atoms with Crippen LogP contribution in [0.3, 0.4) is 0 Å². The summed E-state index contributed by atoms with van der Waals surface area (Å²) in [7, 11) is 2.92. The maximum absolute atomic E-state index is 14.2. The highest BCUT2D eigenvalue weighted by molar-refractivity contribution is 6.04. The molecule has 0 saturated heterocycles. The fraction of sp³-hybridized carbons (Fsp3) is 0.208. The first kappa shape index (κ1) is 21.7. The van der Waals surface area contributed by atoms with E-state index in [1.165, 1.54) is 20.3 Å². The molecule has 1 amide bonds. The molecule has 34 heavy (non-hydrogen) atoms. The lowest BCUT2D eigenvalue weighted by Gasteiger charge is -2.23. The van der Waals surface area contributed by atoms with Crippen molar-refractivity contribution >= 4 is 17.2 Å². The molecule has 2 aromatic heterocycles. The second-order valence-corrected chi connectivity index (χ2v) is 7.76. The lowest BCUT2D eigenvalue weighted by molar-refractivity contribution is -0.143. The first-order valence-corrected chi connectivity index (χ1v) is 10.4. The summed E-state index contributed by atoms with van der Waals surface area (Å²) in [4.78, 5) is 17.4. The van der Waals surface area contributed by atoms with E-state index >= 15 is 0 Å². The van der Waals surface area contributed by atoms with Gasteiger partial charge in [0, 0.05) is 23.3 Å². The van der Waals surface area contributed by atoms with Gasteiger partial charge in [0.1, 0.15) is 11.5 Å². The molecule has 0 fully saturated rings. The van der Waals surface area contributed by atoms with Crippen molar-refractivity contribution in [2.75, 3.05) is 19.5 Å². The summed E-state index contributed by atoms with van der Waals surface area (Å²) in [6.07, 6.45) is -4.05. The largest absolute Gasteiger partial charge is 0.497 e. The summed E-state index contributed by atoms with van der Waals surface area (Å²) in [6, 6.07) is 13.3. The summed E-state index contributed by atoms with van der Waals surface area (Å²) in [5.41, 5.74) is 1.08. The van der Waals surface area contributed by atoms with Crippen LogP contribution in [0.25, 0.3) is 16.9 Å². The van der Waals surface area contributed by atoms with Crippen LogP contribution in [-0.4, -0.2) is 34.7 Å². The molecule has 0 bridgehead atoms. The minimum atomic E-state index is -4.68. The molecule has 2 heterocycles. The van der Waals surface area contributed by atoms with Crippen molar-refractivity contribution in [3.8, 4) is 22.8 Å². The zero-order valence-electron chi connectivity index (χ0n) is 18.2. The number of aryl methyl sites for hydroxylation is 1. The van der Waals surface area contributed by atoms with Crippen LogP contribution in [0.15, 0.2) is 48.5 Å². The van der Waals surface area contributed by atoms with Crippen molar-refractivity contribution < 1.29 is 27.4 Å². The van der Waals surface area contributed by atoms with Gasteiger partial charge < -0.3 is 14.8 Å². The average Bonchev–Trinajstić information content (AvgIpc) is 3.25. The number of rotatable bonds is 4. The number of carbonyl (C=O) groups excluding carboxylic acids is 1. The topological polar surface area (TPSA) is 77.8 Å². The molecule has 0 radical (unpaired) electrons. The molecule has 0 aliphatic heterocycles. The molecule has 174 valence electrons. The van der Waals surface area contributed by atoms with Gasteiger partial charge in [0.15, 0.2) is 17.0 Å². The number of benzene rings is 2. The molecular weight excluding hydrogens is 449 g/mol. The van der Waals surface area contributed by atoms with Crippen molar-refractivity contribution in [1.29, 1.82) is 0 Å². The highest BCUT2D eigenvalue weighted by atomic mass is 19.4.